The van der Waals surface area contributed by atoms with Crippen LogP contribution in [0.1, 0.15) is 22.2 Å². The summed E-state index contributed by atoms with van der Waals surface area (Å²) in [6, 6.07) is 10.7. The van der Waals surface area contributed by atoms with Crippen LogP contribution in [-0.4, -0.2) is 21.4 Å². The second kappa shape index (κ2) is 8.27. The van der Waals surface area contributed by atoms with E-state index >= 15 is 0 Å². The van der Waals surface area contributed by atoms with Crippen LogP contribution in [0.25, 0.3) is 0 Å². The van der Waals surface area contributed by atoms with Gasteiger partial charge in [0.25, 0.3) is 0 Å². The van der Waals surface area contributed by atoms with Crippen LogP contribution in [-0.2, 0) is 29.5 Å². The molecule has 0 aliphatic rings. The highest BCUT2D eigenvalue weighted by molar-refractivity contribution is 7.89. The number of aryl methyl sites for hydroxylation is 1. The van der Waals surface area contributed by atoms with Crippen molar-refractivity contribution >= 4 is 27.3 Å². The molecule has 0 aliphatic carbocycles. The normalized spacial score (nSPS) is 12.2. The third kappa shape index (κ3) is 5.33. The number of nitrogens with one attached hydrogen (secondary N) is 2. The fraction of sp³-hybridized carbons (Fsp3) is 0.312. The van der Waals surface area contributed by atoms with Gasteiger partial charge in [-0.05, 0) is 36.2 Å². The van der Waals surface area contributed by atoms with Crippen LogP contribution in [0.2, 0.25) is 0 Å². The first-order valence-electron chi connectivity index (χ1n) is 7.56. The zero-order valence-corrected chi connectivity index (χ0v) is 15.4. The van der Waals surface area contributed by atoms with Crippen LogP contribution in [0.3, 0.4) is 0 Å². The SMILES string of the molecule is CCc1ccc(CNC(=NC)NCc2ccc(S(N)(=O)=O)cc2)s1. The van der Waals surface area contributed by atoms with E-state index in [4.69, 9.17) is 5.14 Å². The standard InChI is InChI=1S/C16H22N4O2S2/c1-3-13-6-7-14(23-13)11-20-16(18-2)19-10-12-4-8-15(9-5-12)24(17,21)22/h4-9H,3,10-11H2,1-2H3,(H2,17,21,22)(H2,18,19,20). The number of benzene rings is 1. The monoisotopic (exact) mass is 366 g/mol. The van der Waals surface area contributed by atoms with Gasteiger partial charge in [-0.15, -0.1) is 11.3 Å². The number of nitrogens with two attached hydrogens (primary N) is 1. The molecule has 0 atom stereocenters. The van der Waals surface area contributed by atoms with Crippen molar-refractivity contribution in [3.05, 3.63) is 51.7 Å². The van der Waals surface area contributed by atoms with E-state index in [0.29, 0.717) is 19.0 Å². The Morgan fingerprint density at radius 3 is 2.25 bits per heavy atom. The van der Waals surface area contributed by atoms with Gasteiger partial charge in [0, 0.05) is 23.3 Å². The number of guanidine groups is 1. The third-order valence-corrected chi connectivity index (χ3v) is 5.59. The van der Waals surface area contributed by atoms with Gasteiger partial charge in [-0.3, -0.25) is 4.99 Å². The number of rotatable bonds is 6. The van der Waals surface area contributed by atoms with Crippen molar-refractivity contribution in [2.24, 2.45) is 10.1 Å². The Balaban J connectivity index is 1.87. The molecule has 1 heterocycles. The minimum atomic E-state index is -3.65. The van der Waals surface area contributed by atoms with Crippen LogP contribution >= 0.6 is 11.3 Å². The Bertz CT molecular complexity index is 796. The van der Waals surface area contributed by atoms with E-state index in [-0.39, 0.29) is 4.90 Å². The van der Waals surface area contributed by atoms with E-state index in [1.807, 2.05) is 0 Å². The van der Waals surface area contributed by atoms with Crippen molar-refractivity contribution in [1.29, 1.82) is 0 Å². The Labute approximate surface area is 146 Å². The van der Waals surface area contributed by atoms with E-state index in [1.54, 1.807) is 30.5 Å². The summed E-state index contributed by atoms with van der Waals surface area (Å²) in [6.45, 7) is 3.40. The summed E-state index contributed by atoms with van der Waals surface area (Å²) in [7, 11) is -1.94. The maximum Gasteiger partial charge on any atom is 0.238 e. The number of hydrogen-bond donors (Lipinski definition) is 3. The lowest BCUT2D eigenvalue weighted by Crippen LogP contribution is -2.36. The molecule has 8 heteroatoms. The molecule has 0 saturated heterocycles. The molecule has 24 heavy (non-hydrogen) atoms. The fourth-order valence-electron chi connectivity index (χ4n) is 2.08. The lowest BCUT2D eigenvalue weighted by atomic mass is 10.2. The number of sulfonamides is 1. The van der Waals surface area contributed by atoms with Crippen LogP contribution < -0.4 is 15.8 Å². The van der Waals surface area contributed by atoms with Gasteiger partial charge in [0.2, 0.25) is 10.0 Å². The first-order chi connectivity index (χ1) is 11.4. The first-order valence-corrected chi connectivity index (χ1v) is 9.92. The van der Waals surface area contributed by atoms with Crippen molar-refractivity contribution in [3.8, 4) is 0 Å². The van der Waals surface area contributed by atoms with Crippen LogP contribution in [0.5, 0.6) is 0 Å². The summed E-state index contributed by atoms with van der Waals surface area (Å²) < 4.78 is 22.5. The molecule has 0 radical (unpaired) electrons. The van der Waals surface area contributed by atoms with Gasteiger partial charge >= 0.3 is 0 Å². The summed E-state index contributed by atoms with van der Waals surface area (Å²) in [4.78, 5) is 6.92. The Morgan fingerprint density at radius 2 is 1.71 bits per heavy atom. The number of aliphatic imine (C=N–C) groups is 1. The van der Waals surface area contributed by atoms with E-state index in [2.05, 4.69) is 34.7 Å². The minimum Gasteiger partial charge on any atom is -0.352 e. The van der Waals surface area contributed by atoms with Gasteiger partial charge in [-0.25, -0.2) is 13.6 Å². The zero-order valence-electron chi connectivity index (χ0n) is 13.7. The second-order valence-electron chi connectivity index (χ2n) is 5.19. The van der Waals surface area contributed by atoms with E-state index in [0.717, 1.165) is 12.0 Å². The topological polar surface area (TPSA) is 96.6 Å². The lowest BCUT2D eigenvalue weighted by molar-refractivity contribution is 0.597. The molecule has 0 bridgehead atoms. The molecule has 0 unspecified atom stereocenters. The summed E-state index contributed by atoms with van der Waals surface area (Å²) in [6.07, 6.45) is 1.05. The molecule has 0 saturated carbocycles. The second-order valence-corrected chi connectivity index (χ2v) is 8.00. The largest absolute Gasteiger partial charge is 0.352 e. The molecule has 4 N–H and O–H groups in total. The summed E-state index contributed by atoms with van der Waals surface area (Å²) in [5.41, 5.74) is 0.940. The van der Waals surface area contributed by atoms with Gasteiger partial charge in [-0.2, -0.15) is 0 Å². The van der Waals surface area contributed by atoms with Crippen molar-refractivity contribution in [2.45, 2.75) is 31.3 Å². The van der Waals surface area contributed by atoms with E-state index in [9.17, 15) is 8.42 Å². The van der Waals surface area contributed by atoms with Crippen molar-refractivity contribution < 1.29 is 8.42 Å². The van der Waals surface area contributed by atoms with Crippen LogP contribution in [0.4, 0.5) is 0 Å². The molecule has 0 spiro atoms. The van der Waals surface area contributed by atoms with Gasteiger partial charge in [0.05, 0.1) is 11.4 Å². The molecule has 2 rings (SSSR count). The van der Waals surface area contributed by atoms with E-state index in [1.165, 1.54) is 21.9 Å². The average Bonchev–Trinajstić information content (AvgIpc) is 3.02. The van der Waals surface area contributed by atoms with Gasteiger partial charge < -0.3 is 10.6 Å². The highest BCUT2D eigenvalue weighted by atomic mass is 32.2. The number of nitrogens with zero attached hydrogens (tertiary/aromatic N) is 1. The van der Waals surface area contributed by atoms with E-state index < -0.39 is 10.0 Å². The summed E-state index contributed by atoms with van der Waals surface area (Å²) in [5.74, 6) is 0.692. The number of primary sulfonamides is 1. The fourth-order valence-corrected chi connectivity index (χ4v) is 3.49. The number of thiophene rings is 1. The smallest absolute Gasteiger partial charge is 0.238 e. The Hall–Kier alpha value is -1.90. The summed E-state index contributed by atoms with van der Waals surface area (Å²) >= 11 is 1.79. The summed E-state index contributed by atoms with van der Waals surface area (Å²) in [5, 5.41) is 11.5. The predicted octanol–water partition coefficient (Wildman–Crippen LogP) is 1.82. The maximum absolute atomic E-state index is 11.2. The molecule has 6 nitrogen and oxygen atoms in total. The minimum absolute atomic E-state index is 0.109. The van der Waals surface area contributed by atoms with Gasteiger partial charge in [0.15, 0.2) is 5.96 Å². The molecular weight excluding hydrogens is 344 g/mol. The Morgan fingerprint density at radius 1 is 1.08 bits per heavy atom. The quantitative estimate of drug-likeness (QED) is 0.537. The number of hydrogen-bond acceptors (Lipinski definition) is 4. The van der Waals surface area contributed by atoms with Crippen LogP contribution in [0.15, 0.2) is 46.3 Å². The Kier molecular flexibility index (Phi) is 6.36. The highest BCUT2D eigenvalue weighted by Crippen LogP contribution is 2.16. The molecular formula is C16H22N4O2S2. The van der Waals surface area contributed by atoms with Gasteiger partial charge in [-0.1, -0.05) is 19.1 Å². The third-order valence-electron chi connectivity index (χ3n) is 3.43. The molecule has 0 fully saturated rings. The highest BCUT2D eigenvalue weighted by Gasteiger charge is 2.07. The predicted molar refractivity (Wildman–Crippen MR) is 98.6 cm³/mol. The maximum atomic E-state index is 11.2. The van der Waals surface area contributed by atoms with Crippen molar-refractivity contribution in [1.82, 2.24) is 10.6 Å². The lowest BCUT2D eigenvalue weighted by Gasteiger charge is -2.11. The molecule has 1 aromatic heterocycles. The van der Waals surface area contributed by atoms with Crippen molar-refractivity contribution in [3.63, 3.8) is 0 Å². The molecule has 2 aromatic rings. The first kappa shape index (κ1) is 18.4. The average molecular weight is 367 g/mol. The van der Waals surface area contributed by atoms with Crippen LogP contribution in [0, 0.1) is 0 Å². The zero-order chi connectivity index (χ0) is 17.6. The van der Waals surface area contributed by atoms with Crippen molar-refractivity contribution in [2.75, 3.05) is 7.05 Å². The van der Waals surface area contributed by atoms with Gasteiger partial charge in [0.1, 0.15) is 0 Å². The molecule has 0 aliphatic heterocycles. The molecule has 0 amide bonds. The molecule has 1 aromatic carbocycles. The molecule has 130 valence electrons.